The standard InChI is InChI=1S/C10H14N4O2/c1-4-10(2,3)8-11-5-6(12-8)13-9(16)14-7(5)15/h4H2,1-3H3,(H3,11,12,13,14,15,16). The Morgan fingerprint density at radius 1 is 1.19 bits per heavy atom. The van der Waals surface area contributed by atoms with Crippen molar-refractivity contribution in [3.8, 4) is 0 Å². The van der Waals surface area contributed by atoms with E-state index in [0.717, 1.165) is 6.42 Å². The Bertz CT molecular complexity index is 632. The molecule has 0 bridgehead atoms. The molecule has 86 valence electrons. The number of rotatable bonds is 2. The molecule has 6 heteroatoms. The second kappa shape index (κ2) is 3.33. The number of hydrogen-bond acceptors (Lipinski definition) is 3. The van der Waals surface area contributed by atoms with Gasteiger partial charge in [0.1, 0.15) is 11.3 Å². The minimum atomic E-state index is -0.537. The maximum Gasteiger partial charge on any atom is 0.327 e. The summed E-state index contributed by atoms with van der Waals surface area (Å²) in [7, 11) is 0. The zero-order valence-corrected chi connectivity index (χ0v) is 9.47. The molecule has 0 amide bonds. The van der Waals surface area contributed by atoms with Gasteiger partial charge < -0.3 is 4.98 Å². The summed E-state index contributed by atoms with van der Waals surface area (Å²) in [6.45, 7) is 6.09. The van der Waals surface area contributed by atoms with E-state index in [-0.39, 0.29) is 5.41 Å². The van der Waals surface area contributed by atoms with Gasteiger partial charge in [0.25, 0.3) is 5.56 Å². The molecule has 16 heavy (non-hydrogen) atoms. The molecule has 2 heterocycles. The maximum absolute atomic E-state index is 11.5. The Labute approximate surface area is 91.1 Å². The second-order valence-corrected chi connectivity index (χ2v) is 4.45. The molecule has 0 fully saturated rings. The zero-order chi connectivity index (χ0) is 11.9. The fourth-order valence-electron chi connectivity index (χ4n) is 1.42. The lowest BCUT2D eigenvalue weighted by Crippen LogP contribution is -2.21. The number of nitrogens with one attached hydrogen (secondary N) is 3. The summed E-state index contributed by atoms with van der Waals surface area (Å²) < 4.78 is 0. The molecule has 3 N–H and O–H groups in total. The van der Waals surface area contributed by atoms with Crippen LogP contribution in [0.15, 0.2) is 9.59 Å². The predicted octanol–water partition coefficient (Wildman–Crippen LogP) is 0.627. The number of nitrogens with zero attached hydrogens (tertiary/aromatic N) is 1. The molecule has 0 saturated heterocycles. The van der Waals surface area contributed by atoms with Crippen LogP contribution in [0.5, 0.6) is 0 Å². The van der Waals surface area contributed by atoms with Gasteiger partial charge in [-0.05, 0) is 6.42 Å². The van der Waals surface area contributed by atoms with E-state index in [1.807, 2.05) is 20.8 Å². The molecule has 0 spiro atoms. The fraction of sp³-hybridized carbons (Fsp3) is 0.500. The van der Waals surface area contributed by atoms with Crippen LogP contribution in [-0.2, 0) is 5.41 Å². The van der Waals surface area contributed by atoms with Gasteiger partial charge in [-0.2, -0.15) is 0 Å². The van der Waals surface area contributed by atoms with Crippen LogP contribution < -0.4 is 11.2 Å². The highest BCUT2D eigenvalue weighted by Crippen LogP contribution is 2.24. The summed E-state index contributed by atoms with van der Waals surface area (Å²) >= 11 is 0. The third kappa shape index (κ3) is 1.56. The van der Waals surface area contributed by atoms with E-state index in [4.69, 9.17) is 0 Å². The van der Waals surface area contributed by atoms with Crippen molar-refractivity contribution in [3.63, 3.8) is 0 Å². The van der Waals surface area contributed by atoms with E-state index in [1.54, 1.807) is 0 Å². The Hall–Kier alpha value is -1.85. The summed E-state index contributed by atoms with van der Waals surface area (Å²) in [5.41, 5.74) is -0.502. The van der Waals surface area contributed by atoms with Crippen LogP contribution in [0.1, 0.15) is 33.0 Å². The molecule has 2 aromatic heterocycles. The van der Waals surface area contributed by atoms with Crippen LogP contribution in [0.2, 0.25) is 0 Å². The lowest BCUT2D eigenvalue weighted by atomic mass is 9.90. The van der Waals surface area contributed by atoms with Crippen molar-refractivity contribution in [1.29, 1.82) is 0 Å². The van der Waals surface area contributed by atoms with Crippen molar-refractivity contribution in [2.75, 3.05) is 0 Å². The zero-order valence-electron chi connectivity index (χ0n) is 9.47. The third-order valence-corrected chi connectivity index (χ3v) is 2.91. The van der Waals surface area contributed by atoms with E-state index in [2.05, 4.69) is 19.9 Å². The number of aromatic amines is 3. The Morgan fingerprint density at radius 2 is 1.88 bits per heavy atom. The highest BCUT2D eigenvalue weighted by atomic mass is 16.2. The van der Waals surface area contributed by atoms with Crippen LogP contribution in [0.25, 0.3) is 11.2 Å². The van der Waals surface area contributed by atoms with Crippen LogP contribution >= 0.6 is 0 Å². The molecule has 2 rings (SSSR count). The van der Waals surface area contributed by atoms with Crippen LogP contribution in [0.3, 0.4) is 0 Å². The molecule has 6 nitrogen and oxygen atoms in total. The van der Waals surface area contributed by atoms with Gasteiger partial charge in [-0.1, -0.05) is 20.8 Å². The first kappa shape index (κ1) is 10.7. The highest BCUT2D eigenvalue weighted by molar-refractivity contribution is 5.68. The van der Waals surface area contributed by atoms with Crippen molar-refractivity contribution in [3.05, 3.63) is 26.7 Å². The molecule has 0 unspecified atom stereocenters. The lowest BCUT2D eigenvalue weighted by Gasteiger charge is -2.18. The first-order chi connectivity index (χ1) is 7.44. The number of hydrogen-bond donors (Lipinski definition) is 3. The predicted molar refractivity (Wildman–Crippen MR) is 60.7 cm³/mol. The van der Waals surface area contributed by atoms with Crippen LogP contribution in [0.4, 0.5) is 0 Å². The topological polar surface area (TPSA) is 94.4 Å². The SMILES string of the molecule is CCC(C)(C)c1nc2[nH]c(=O)[nH]c(=O)c2[nH]1. The Kier molecular flexibility index (Phi) is 2.22. The van der Waals surface area contributed by atoms with E-state index in [1.165, 1.54) is 0 Å². The number of aromatic nitrogens is 4. The van der Waals surface area contributed by atoms with Crippen molar-refractivity contribution in [2.24, 2.45) is 0 Å². The Morgan fingerprint density at radius 3 is 2.50 bits per heavy atom. The van der Waals surface area contributed by atoms with Crippen molar-refractivity contribution >= 4 is 11.2 Å². The molecule has 0 aliphatic heterocycles. The van der Waals surface area contributed by atoms with Gasteiger partial charge in [-0.15, -0.1) is 0 Å². The average molecular weight is 222 g/mol. The smallest absolute Gasteiger partial charge is 0.327 e. The van der Waals surface area contributed by atoms with E-state index in [9.17, 15) is 9.59 Å². The van der Waals surface area contributed by atoms with Gasteiger partial charge in [0, 0.05) is 5.41 Å². The van der Waals surface area contributed by atoms with Gasteiger partial charge in [-0.25, -0.2) is 9.78 Å². The van der Waals surface area contributed by atoms with Crippen molar-refractivity contribution in [2.45, 2.75) is 32.6 Å². The summed E-state index contributed by atoms with van der Waals surface area (Å²) in [5, 5.41) is 0. The molecule has 0 aliphatic carbocycles. The molecule has 0 saturated carbocycles. The largest absolute Gasteiger partial charge is 0.336 e. The molecular formula is C10H14N4O2. The van der Waals surface area contributed by atoms with Gasteiger partial charge in [0.05, 0.1) is 0 Å². The highest BCUT2D eigenvalue weighted by Gasteiger charge is 2.23. The summed E-state index contributed by atoms with van der Waals surface area (Å²) in [6.07, 6.45) is 0.884. The first-order valence-corrected chi connectivity index (χ1v) is 5.17. The second-order valence-electron chi connectivity index (χ2n) is 4.45. The van der Waals surface area contributed by atoms with Crippen molar-refractivity contribution in [1.82, 2.24) is 19.9 Å². The minimum absolute atomic E-state index is 0.150. The monoisotopic (exact) mass is 222 g/mol. The summed E-state index contributed by atoms with van der Waals surface area (Å²) in [4.78, 5) is 34.4. The molecule has 0 aliphatic rings. The number of fused-ring (bicyclic) bond motifs is 1. The van der Waals surface area contributed by atoms with Crippen LogP contribution in [0, 0.1) is 0 Å². The minimum Gasteiger partial charge on any atom is -0.336 e. The molecule has 0 aromatic carbocycles. The van der Waals surface area contributed by atoms with Gasteiger partial charge in [0.15, 0.2) is 5.65 Å². The fourth-order valence-corrected chi connectivity index (χ4v) is 1.42. The summed E-state index contributed by atoms with van der Waals surface area (Å²) in [5.74, 6) is 0.706. The number of imidazole rings is 1. The summed E-state index contributed by atoms with van der Waals surface area (Å²) in [6, 6.07) is 0. The van der Waals surface area contributed by atoms with E-state index < -0.39 is 11.2 Å². The van der Waals surface area contributed by atoms with Gasteiger partial charge in [0.2, 0.25) is 0 Å². The van der Waals surface area contributed by atoms with Crippen molar-refractivity contribution < 1.29 is 0 Å². The first-order valence-electron chi connectivity index (χ1n) is 5.17. The van der Waals surface area contributed by atoms with Gasteiger partial charge in [-0.3, -0.25) is 14.8 Å². The van der Waals surface area contributed by atoms with E-state index >= 15 is 0 Å². The molecule has 2 aromatic rings. The molecular weight excluding hydrogens is 208 g/mol. The molecule has 0 atom stereocenters. The Balaban J connectivity index is 2.75. The normalized spacial score (nSPS) is 12.2. The number of H-pyrrole nitrogens is 3. The molecule has 0 radical (unpaired) electrons. The average Bonchev–Trinajstić information content (AvgIpc) is 2.62. The van der Waals surface area contributed by atoms with Crippen LogP contribution in [-0.4, -0.2) is 19.9 Å². The lowest BCUT2D eigenvalue weighted by molar-refractivity contribution is 0.479. The quantitative estimate of drug-likeness (QED) is 0.695. The van der Waals surface area contributed by atoms with E-state index in [0.29, 0.717) is 17.0 Å². The maximum atomic E-state index is 11.5. The third-order valence-electron chi connectivity index (χ3n) is 2.91. The van der Waals surface area contributed by atoms with Gasteiger partial charge >= 0.3 is 5.69 Å².